The smallest absolute Gasteiger partial charge is 0.289 e. The summed E-state index contributed by atoms with van der Waals surface area (Å²) in [6.45, 7) is 1.87. The van der Waals surface area contributed by atoms with Crippen molar-refractivity contribution in [3.05, 3.63) is 24.0 Å². The summed E-state index contributed by atoms with van der Waals surface area (Å²) in [7, 11) is 0. The molecule has 5 heteroatoms. The zero-order valence-electron chi connectivity index (χ0n) is 11.1. The number of furan rings is 1. The first-order valence-electron chi connectivity index (χ1n) is 6.94. The van der Waals surface area contributed by atoms with Crippen molar-refractivity contribution in [3.63, 3.8) is 0 Å². The van der Waals surface area contributed by atoms with Gasteiger partial charge >= 0.3 is 0 Å². The van der Waals surface area contributed by atoms with E-state index in [4.69, 9.17) is 13.9 Å². The van der Waals surface area contributed by atoms with Crippen LogP contribution in [0.15, 0.2) is 22.6 Å². The highest BCUT2D eigenvalue weighted by molar-refractivity contribution is 5.96. The Kier molecular flexibility index (Phi) is 2.58. The van der Waals surface area contributed by atoms with Gasteiger partial charge in [-0.1, -0.05) is 0 Å². The fourth-order valence-corrected chi connectivity index (χ4v) is 2.79. The van der Waals surface area contributed by atoms with Crippen molar-refractivity contribution in [2.75, 3.05) is 19.9 Å². The average molecular weight is 273 g/mol. The van der Waals surface area contributed by atoms with Gasteiger partial charge in [0, 0.05) is 24.5 Å². The van der Waals surface area contributed by atoms with Crippen LogP contribution < -0.4 is 9.47 Å². The van der Waals surface area contributed by atoms with Crippen LogP contribution in [0.3, 0.4) is 0 Å². The number of carbonyl (C=O) groups is 1. The third-order valence-electron chi connectivity index (χ3n) is 3.87. The van der Waals surface area contributed by atoms with Crippen molar-refractivity contribution in [3.8, 4) is 11.5 Å². The zero-order valence-corrected chi connectivity index (χ0v) is 11.1. The van der Waals surface area contributed by atoms with Crippen LogP contribution in [0.4, 0.5) is 0 Å². The molecule has 0 radical (unpaired) electrons. The van der Waals surface area contributed by atoms with E-state index in [-0.39, 0.29) is 12.7 Å². The molecule has 1 aromatic heterocycles. The Morgan fingerprint density at radius 2 is 1.75 bits per heavy atom. The van der Waals surface area contributed by atoms with Gasteiger partial charge in [-0.3, -0.25) is 4.79 Å². The highest BCUT2D eigenvalue weighted by Gasteiger charge is 2.23. The number of rotatable bonds is 1. The van der Waals surface area contributed by atoms with E-state index in [0.717, 1.165) is 31.3 Å². The van der Waals surface area contributed by atoms with Crippen LogP contribution in [0.1, 0.15) is 29.8 Å². The SMILES string of the molecule is O=C(c1cc2cc3c(cc2o1)OCO3)N1CCCCC1. The molecule has 3 heterocycles. The van der Waals surface area contributed by atoms with E-state index in [1.807, 2.05) is 11.0 Å². The van der Waals surface area contributed by atoms with Crippen molar-refractivity contribution in [1.29, 1.82) is 0 Å². The van der Waals surface area contributed by atoms with E-state index in [1.165, 1.54) is 6.42 Å². The van der Waals surface area contributed by atoms with Crippen LogP contribution in [0.25, 0.3) is 11.0 Å². The third kappa shape index (κ3) is 1.81. The normalized spacial score (nSPS) is 17.7. The Labute approximate surface area is 116 Å². The van der Waals surface area contributed by atoms with Gasteiger partial charge in [0.05, 0.1) is 0 Å². The summed E-state index contributed by atoms with van der Waals surface area (Å²) in [5.41, 5.74) is 0.662. The highest BCUT2D eigenvalue weighted by Crippen LogP contribution is 2.37. The molecule has 104 valence electrons. The van der Waals surface area contributed by atoms with Crippen LogP contribution >= 0.6 is 0 Å². The molecule has 0 unspecified atom stereocenters. The summed E-state index contributed by atoms with van der Waals surface area (Å²) < 4.78 is 16.3. The van der Waals surface area contributed by atoms with Gasteiger partial charge in [0.15, 0.2) is 17.3 Å². The van der Waals surface area contributed by atoms with Gasteiger partial charge < -0.3 is 18.8 Å². The molecular weight excluding hydrogens is 258 g/mol. The van der Waals surface area contributed by atoms with Gasteiger partial charge in [-0.25, -0.2) is 0 Å². The maximum absolute atomic E-state index is 12.4. The molecule has 2 aromatic rings. The van der Waals surface area contributed by atoms with Crippen molar-refractivity contribution in [2.24, 2.45) is 0 Å². The molecule has 0 bridgehead atoms. The maximum Gasteiger partial charge on any atom is 0.289 e. The number of benzene rings is 1. The predicted molar refractivity (Wildman–Crippen MR) is 72.1 cm³/mol. The topological polar surface area (TPSA) is 51.9 Å². The molecule has 0 spiro atoms. The number of hydrogen-bond donors (Lipinski definition) is 0. The molecule has 5 nitrogen and oxygen atoms in total. The molecule has 2 aliphatic heterocycles. The quantitative estimate of drug-likeness (QED) is 0.801. The molecule has 0 atom stereocenters. The number of ether oxygens (including phenoxy) is 2. The number of amides is 1. The highest BCUT2D eigenvalue weighted by atomic mass is 16.7. The molecule has 0 N–H and O–H groups in total. The monoisotopic (exact) mass is 273 g/mol. The molecule has 1 amide bonds. The lowest BCUT2D eigenvalue weighted by Gasteiger charge is -2.25. The molecule has 0 aliphatic carbocycles. The number of likely N-dealkylation sites (tertiary alicyclic amines) is 1. The van der Waals surface area contributed by atoms with Crippen LogP contribution in [0.2, 0.25) is 0 Å². The molecule has 2 aliphatic rings. The van der Waals surface area contributed by atoms with Crippen LogP contribution in [-0.4, -0.2) is 30.7 Å². The van der Waals surface area contributed by atoms with Crippen molar-refractivity contribution < 1.29 is 18.7 Å². The van der Waals surface area contributed by atoms with Gasteiger partial charge in [-0.2, -0.15) is 0 Å². The summed E-state index contributed by atoms with van der Waals surface area (Å²) in [6, 6.07) is 5.42. The number of hydrogen-bond acceptors (Lipinski definition) is 4. The Bertz CT molecular complexity index is 629. The second kappa shape index (κ2) is 4.44. The summed E-state index contributed by atoms with van der Waals surface area (Å²) in [5.74, 6) is 1.74. The summed E-state index contributed by atoms with van der Waals surface area (Å²) in [5, 5.41) is 0.870. The fourth-order valence-electron chi connectivity index (χ4n) is 2.79. The van der Waals surface area contributed by atoms with E-state index in [0.29, 0.717) is 22.8 Å². The lowest BCUT2D eigenvalue weighted by Crippen LogP contribution is -2.35. The molecule has 1 aromatic carbocycles. The van der Waals surface area contributed by atoms with Crippen LogP contribution in [-0.2, 0) is 0 Å². The standard InChI is InChI=1S/C15H15NO4/c17-15(16-4-2-1-3-5-16)14-7-10-6-12-13(19-9-18-12)8-11(10)20-14/h6-8H,1-5,9H2. The minimum absolute atomic E-state index is 0.0251. The predicted octanol–water partition coefficient (Wildman–Crippen LogP) is 2.79. The van der Waals surface area contributed by atoms with E-state index in [2.05, 4.69) is 0 Å². The Balaban J connectivity index is 1.68. The van der Waals surface area contributed by atoms with Gasteiger partial charge in [-0.05, 0) is 31.4 Å². The maximum atomic E-state index is 12.4. The second-order valence-corrected chi connectivity index (χ2v) is 5.21. The number of nitrogens with zero attached hydrogens (tertiary/aromatic N) is 1. The van der Waals surface area contributed by atoms with Gasteiger partial charge in [0.2, 0.25) is 6.79 Å². The average Bonchev–Trinajstić information content (AvgIpc) is 3.10. The summed E-state index contributed by atoms with van der Waals surface area (Å²) in [6.07, 6.45) is 3.34. The Morgan fingerprint density at radius 3 is 2.55 bits per heavy atom. The van der Waals surface area contributed by atoms with Crippen LogP contribution in [0.5, 0.6) is 11.5 Å². The first-order chi connectivity index (χ1) is 9.81. The van der Waals surface area contributed by atoms with E-state index in [1.54, 1.807) is 12.1 Å². The van der Waals surface area contributed by atoms with Crippen molar-refractivity contribution in [2.45, 2.75) is 19.3 Å². The molecular formula is C15H15NO4. The first kappa shape index (κ1) is 11.6. The number of fused-ring (bicyclic) bond motifs is 2. The van der Waals surface area contributed by atoms with E-state index in [9.17, 15) is 4.79 Å². The second-order valence-electron chi connectivity index (χ2n) is 5.21. The Morgan fingerprint density at radius 1 is 1.00 bits per heavy atom. The molecule has 1 fully saturated rings. The van der Waals surface area contributed by atoms with Crippen LogP contribution in [0, 0.1) is 0 Å². The third-order valence-corrected chi connectivity index (χ3v) is 3.87. The van der Waals surface area contributed by atoms with E-state index < -0.39 is 0 Å². The van der Waals surface area contributed by atoms with Gasteiger partial charge in [0.1, 0.15) is 5.58 Å². The molecule has 20 heavy (non-hydrogen) atoms. The lowest BCUT2D eigenvalue weighted by atomic mass is 10.1. The Hall–Kier alpha value is -2.17. The first-order valence-corrected chi connectivity index (χ1v) is 6.94. The minimum Gasteiger partial charge on any atom is -0.454 e. The molecule has 0 saturated carbocycles. The summed E-state index contributed by atoms with van der Waals surface area (Å²) in [4.78, 5) is 14.3. The van der Waals surface area contributed by atoms with Gasteiger partial charge in [0.25, 0.3) is 5.91 Å². The van der Waals surface area contributed by atoms with Crippen molar-refractivity contribution in [1.82, 2.24) is 4.90 Å². The zero-order chi connectivity index (χ0) is 13.5. The minimum atomic E-state index is -0.0251. The molecule has 4 rings (SSSR count). The lowest BCUT2D eigenvalue weighted by molar-refractivity contribution is 0.0694. The largest absolute Gasteiger partial charge is 0.454 e. The fraction of sp³-hybridized carbons (Fsp3) is 0.400. The van der Waals surface area contributed by atoms with Gasteiger partial charge in [-0.15, -0.1) is 0 Å². The molecule has 1 saturated heterocycles. The number of piperidine rings is 1. The number of carbonyl (C=O) groups excluding carboxylic acids is 1. The van der Waals surface area contributed by atoms with Crippen molar-refractivity contribution >= 4 is 16.9 Å². The summed E-state index contributed by atoms with van der Waals surface area (Å²) >= 11 is 0. The van der Waals surface area contributed by atoms with E-state index >= 15 is 0 Å².